The van der Waals surface area contributed by atoms with Gasteiger partial charge in [-0.25, -0.2) is 0 Å². The average molecular weight is 376 g/mol. The SMILES string of the molecule is CNC(CCN1CCC(CCO)C1)c1ccc(Br)cc1Cl. The summed E-state index contributed by atoms with van der Waals surface area (Å²) in [4.78, 5) is 2.50. The quantitative estimate of drug-likeness (QED) is 0.766. The second-order valence-corrected chi connectivity index (χ2v) is 7.09. The highest BCUT2D eigenvalue weighted by atomic mass is 79.9. The van der Waals surface area contributed by atoms with E-state index in [-0.39, 0.29) is 6.04 Å². The van der Waals surface area contributed by atoms with Gasteiger partial charge in [0.15, 0.2) is 0 Å². The molecule has 1 saturated heterocycles. The van der Waals surface area contributed by atoms with Crippen molar-refractivity contribution in [3.8, 4) is 0 Å². The Hall–Kier alpha value is -0.130. The summed E-state index contributed by atoms with van der Waals surface area (Å²) in [5.41, 5.74) is 1.16. The first kappa shape index (κ1) is 17.2. The van der Waals surface area contributed by atoms with Crippen LogP contribution in [0.15, 0.2) is 22.7 Å². The summed E-state index contributed by atoms with van der Waals surface area (Å²) in [5, 5.41) is 13.2. The Balaban J connectivity index is 1.88. The van der Waals surface area contributed by atoms with Gasteiger partial charge >= 0.3 is 0 Å². The molecule has 1 heterocycles. The van der Waals surface area contributed by atoms with E-state index in [4.69, 9.17) is 16.7 Å². The zero-order valence-electron chi connectivity index (χ0n) is 12.5. The molecule has 1 aromatic carbocycles. The van der Waals surface area contributed by atoms with E-state index < -0.39 is 0 Å². The number of nitrogens with zero attached hydrogens (tertiary/aromatic N) is 1. The van der Waals surface area contributed by atoms with Crippen LogP contribution in [0.4, 0.5) is 0 Å². The Bertz CT molecular complexity index is 458. The summed E-state index contributed by atoms with van der Waals surface area (Å²) in [6, 6.07) is 6.36. The van der Waals surface area contributed by atoms with Crippen LogP contribution >= 0.6 is 27.5 Å². The lowest BCUT2D eigenvalue weighted by molar-refractivity contribution is 0.248. The number of rotatable bonds is 7. The maximum absolute atomic E-state index is 9.02. The minimum absolute atomic E-state index is 0.280. The molecule has 118 valence electrons. The van der Waals surface area contributed by atoms with Gasteiger partial charge in [0.25, 0.3) is 0 Å². The first-order valence-corrected chi connectivity index (χ1v) is 8.76. The standard InChI is InChI=1S/C16H24BrClN2O/c1-19-16(14-3-2-13(17)10-15(14)18)5-8-20-7-4-12(11-20)6-9-21/h2-3,10,12,16,19,21H,4-9,11H2,1H3. The van der Waals surface area contributed by atoms with Crippen LogP contribution in [0.5, 0.6) is 0 Å². The molecule has 3 nitrogen and oxygen atoms in total. The van der Waals surface area contributed by atoms with Crippen molar-refractivity contribution in [3.63, 3.8) is 0 Å². The Morgan fingerprint density at radius 3 is 3.00 bits per heavy atom. The Kier molecular flexibility index (Phi) is 6.96. The highest BCUT2D eigenvalue weighted by Crippen LogP contribution is 2.29. The third kappa shape index (κ3) is 4.93. The lowest BCUT2D eigenvalue weighted by Gasteiger charge is -2.22. The first-order valence-electron chi connectivity index (χ1n) is 7.59. The molecule has 2 N–H and O–H groups in total. The molecule has 2 unspecified atom stereocenters. The van der Waals surface area contributed by atoms with Gasteiger partial charge in [0.05, 0.1) is 0 Å². The van der Waals surface area contributed by atoms with E-state index >= 15 is 0 Å². The summed E-state index contributed by atoms with van der Waals surface area (Å²) in [6.07, 6.45) is 3.19. The number of aliphatic hydroxyl groups excluding tert-OH is 1. The predicted molar refractivity (Wildman–Crippen MR) is 91.8 cm³/mol. The van der Waals surface area contributed by atoms with Gasteiger partial charge in [-0.3, -0.25) is 0 Å². The molecule has 2 rings (SSSR count). The molecule has 0 aliphatic carbocycles. The maximum atomic E-state index is 9.02. The van der Waals surface area contributed by atoms with Gasteiger partial charge in [0, 0.05) is 28.7 Å². The van der Waals surface area contributed by atoms with Gasteiger partial charge in [0.2, 0.25) is 0 Å². The van der Waals surface area contributed by atoms with Crippen LogP contribution in [-0.2, 0) is 0 Å². The van der Waals surface area contributed by atoms with Crippen molar-refractivity contribution in [2.24, 2.45) is 5.92 Å². The fourth-order valence-corrected chi connectivity index (χ4v) is 3.89. The Morgan fingerprint density at radius 1 is 1.52 bits per heavy atom. The molecular formula is C16H24BrClN2O. The average Bonchev–Trinajstić information content (AvgIpc) is 2.89. The number of benzene rings is 1. The number of hydrogen-bond donors (Lipinski definition) is 2. The van der Waals surface area contributed by atoms with E-state index in [2.05, 4.69) is 32.2 Å². The number of likely N-dealkylation sites (tertiary alicyclic amines) is 1. The summed E-state index contributed by atoms with van der Waals surface area (Å²) in [7, 11) is 1.99. The highest BCUT2D eigenvalue weighted by molar-refractivity contribution is 9.10. The zero-order chi connectivity index (χ0) is 15.2. The van der Waals surface area contributed by atoms with Crippen LogP contribution in [0.1, 0.15) is 30.9 Å². The minimum Gasteiger partial charge on any atom is -0.396 e. The second kappa shape index (κ2) is 8.49. The van der Waals surface area contributed by atoms with Gasteiger partial charge < -0.3 is 15.3 Å². The Labute approximate surface area is 140 Å². The van der Waals surface area contributed by atoms with Gasteiger partial charge in [-0.2, -0.15) is 0 Å². The van der Waals surface area contributed by atoms with E-state index in [1.807, 2.05) is 19.2 Å². The topological polar surface area (TPSA) is 35.5 Å². The molecule has 0 spiro atoms. The molecule has 21 heavy (non-hydrogen) atoms. The van der Waals surface area contributed by atoms with Crippen molar-refractivity contribution in [3.05, 3.63) is 33.3 Å². The molecule has 2 atom stereocenters. The van der Waals surface area contributed by atoms with Crippen LogP contribution in [0.2, 0.25) is 5.02 Å². The van der Waals surface area contributed by atoms with E-state index in [1.165, 1.54) is 6.42 Å². The van der Waals surface area contributed by atoms with Crippen molar-refractivity contribution in [1.82, 2.24) is 10.2 Å². The van der Waals surface area contributed by atoms with Crippen LogP contribution in [0.3, 0.4) is 0 Å². The summed E-state index contributed by atoms with van der Waals surface area (Å²) in [5.74, 6) is 0.666. The minimum atomic E-state index is 0.280. The van der Waals surface area contributed by atoms with Crippen molar-refractivity contribution >= 4 is 27.5 Å². The first-order chi connectivity index (χ1) is 10.1. The molecule has 1 aromatic rings. The molecule has 5 heteroatoms. The van der Waals surface area contributed by atoms with Gasteiger partial charge in [-0.05, 0) is 63.0 Å². The Morgan fingerprint density at radius 2 is 2.33 bits per heavy atom. The van der Waals surface area contributed by atoms with E-state index in [9.17, 15) is 0 Å². The fraction of sp³-hybridized carbons (Fsp3) is 0.625. The fourth-order valence-electron chi connectivity index (χ4n) is 3.09. The van der Waals surface area contributed by atoms with Crippen molar-refractivity contribution < 1.29 is 5.11 Å². The van der Waals surface area contributed by atoms with Crippen LogP contribution in [-0.4, -0.2) is 43.3 Å². The molecule has 0 bridgehead atoms. The van der Waals surface area contributed by atoms with Crippen molar-refractivity contribution in [2.45, 2.75) is 25.3 Å². The van der Waals surface area contributed by atoms with Crippen molar-refractivity contribution in [1.29, 1.82) is 0 Å². The molecular weight excluding hydrogens is 352 g/mol. The molecule has 1 aliphatic heterocycles. The largest absolute Gasteiger partial charge is 0.396 e. The molecule has 0 saturated carbocycles. The summed E-state index contributed by atoms with van der Waals surface area (Å²) >= 11 is 9.80. The molecule has 1 fully saturated rings. The number of nitrogens with one attached hydrogen (secondary N) is 1. The second-order valence-electron chi connectivity index (χ2n) is 5.76. The number of aliphatic hydroxyl groups is 1. The predicted octanol–water partition coefficient (Wildman–Crippen LogP) is 3.46. The molecule has 0 radical (unpaired) electrons. The van der Waals surface area contributed by atoms with Gasteiger partial charge in [-0.1, -0.05) is 33.6 Å². The highest BCUT2D eigenvalue weighted by Gasteiger charge is 2.23. The summed E-state index contributed by atoms with van der Waals surface area (Å²) in [6.45, 7) is 3.65. The van der Waals surface area contributed by atoms with Crippen LogP contribution < -0.4 is 5.32 Å². The van der Waals surface area contributed by atoms with Crippen LogP contribution in [0.25, 0.3) is 0 Å². The number of hydrogen-bond acceptors (Lipinski definition) is 3. The lowest BCUT2D eigenvalue weighted by atomic mass is 10.0. The normalized spacial score (nSPS) is 20.9. The molecule has 1 aliphatic rings. The van der Waals surface area contributed by atoms with E-state index in [1.54, 1.807) is 0 Å². The zero-order valence-corrected chi connectivity index (χ0v) is 14.8. The monoisotopic (exact) mass is 374 g/mol. The number of halogens is 2. The van der Waals surface area contributed by atoms with Crippen molar-refractivity contribution in [2.75, 3.05) is 33.3 Å². The molecule has 0 amide bonds. The van der Waals surface area contributed by atoms with Gasteiger partial charge in [0.1, 0.15) is 0 Å². The van der Waals surface area contributed by atoms with E-state index in [0.717, 1.165) is 47.5 Å². The van der Waals surface area contributed by atoms with E-state index in [0.29, 0.717) is 12.5 Å². The third-order valence-corrected chi connectivity index (χ3v) is 5.15. The maximum Gasteiger partial charge on any atom is 0.0465 e. The molecule has 0 aromatic heterocycles. The smallest absolute Gasteiger partial charge is 0.0465 e. The lowest BCUT2D eigenvalue weighted by Crippen LogP contribution is -2.27. The summed E-state index contributed by atoms with van der Waals surface area (Å²) < 4.78 is 1.01. The van der Waals surface area contributed by atoms with Gasteiger partial charge in [-0.15, -0.1) is 0 Å². The third-order valence-electron chi connectivity index (χ3n) is 4.33. The van der Waals surface area contributed by atoms with Crippen LogP contribution in [0, 0.1) is 5.92 Å².